The van der Waals surface area contributed by atoms with Crippen LogP contribution in [0.2, 0.25) is 0 Å². The van der Waals surface area contributed by atoms with Gasteiger partial charge in [0.1, 0.15) is 12.7 Å². The topological polar surface area (TPSA) is 52.6 Å². The molecule has 92 valence electrons. The van der Waals surface area contributed by atoms with Crippen LogP contribution >= 0.6 is 0 Å². The molecule has 0 radical (unpaired) electrons. The standard InChI is InChI=1S/C12H20O4/c1-6-7-12(5,8-15-10(3)13)9(2)16-11(4)14/h6,9H,1,7-8H2,2-5H3/t9?,12-/m1/s1. The lowest BCUT2D eigenvalue weighted by atomic mass is 9.82. The molecule has 0 aromatic carbocycles. The Hall–Kier alpha value is -1.32. The number of hydrogen-bond donors (Lipinski definition) is 0. The SMILES string of the molecule is C=CC[C@](C)(COC(C)=O)C(C)OC(C)=O. The minimum absolute atomic E-state index is 0.211. The monoisotopic (exact) mass is 228 g/mol. The van der Waals surface area contributed by atoms with Gasteiger partial charge in [-0.15, -0.1) is 6.58 Å². The third-order valence-electron chi connectivity index (χ3n) is 2.54. The Bertz CT molecular complexity index is 272. The number of carbonyl (C=O) groups is 2. The van der Waals surface area contributed by atoms with Crippen LogP contribution in [-0.2, 0) is 19.1 Å². The summed E-state index contributed by atoms with van der Waals surface area (Å²) in [6.45, 7) is 10.3. The fourth-order valence-corrected chi connectivity index (χ4v) is 1.33. The summed E-state index contributed by atoms with van der Waals surface area (Å²) in [7, 11) is 0. The molecule has 0 aromatic rings. The van der Waals surface area contributed by atoms with Crippen LogP contribution in [0.25, 0.3) is 0 Å². The van der Waals surface area contributed by atoms with Crippen molar-refractivity contribution < 1.29 is 19.1 Å². The van der Waals surface area contributed by atoms with E-state index in [4.69, 9.17) is 9.47 Å². The molecule has 2 atom stereocenters. The minimum Gasteiger partial charge on any atom is -0.465 e. The molecule has 0 aromatic heterocycles. The molecular formula is C12H20O4. The Morgan fingerprint density at radius 2 is 1.94 bits per heavy atom. The summed E-state index contributed by atoms with van der Waals surface area (Å²) in [5.74, 6) is -0.684. The van der Waals surface area contributed by atoms with E-state index in [9.17, 15) is 9.59 Å². The normalized spacial score (nSPS) is 15.8. The zero-order chi connectivity index (χ0) is 12.8. The molecule has 0 aliphatic rings. The van der Waals surface area contributed by atoms with E-state index in [1.54, 1.807) is 13.0 Å². The Morgan fingerprint density at radius 1 is 1.38 bits per heavy atom. The maximum absolute atomic E-state index is 10.9. The van der Waals surface area contributed by atoms with Crippen LogP contribution < -0.4 is 0 Å². The molecule has 1 unspecified atom stereocenters. The molecule has 0 rings (SSSR count). The van der Waals surface area contributed by atoms with Gasteiger partial charge in [-0.05, 0) is 13.3 Å². The van der Waals surface area contributed by atoms with Gasteiger partial charge in [-0.3, -0.25) is 9.59 Å². The predicted octanol–water partition coefficient (Wildman–Crippen LogP) is 2.08. The fraction of sp³-hybridized carbons (Fsp3) is 0.667. The van der Waals surface area contributed by atoms with Gasteiger partial charge in [0.25, 0.3) is 0 Å². The summed E-state index contributed by atoms with van der Waals surface area (Å²) in [5.41, 5.74) is -0.431. The van der Waals surface area contributed by atoms with Crippen molar-refractivity contribution in [2.24, 2.45) is 5.41 Å². The summed E-state index contributed by atoms with van der Waals surface area (Å²) in [5, 5.41) is 0. The van der Waals surface area contributed by atoms with Gasteiger partial charge < -0.3 is 9.47 Å². The van der Waals surface area contributed by atoms with Crippen molar-refractivity contribution in [3.05, 3.63) is 12.7 Å². The maximum Gasteiger partial charge on any atom is 0.302 e. The molecule has 0 saturated carbocycles. The van der Waals surface area contributed by atoms with E-state index in [0.29, 0.717) is 6.42 Å². The summed E-state index contributed by atoms with van der Waals surface area (Å²) in [6, 6.07) is 0. The smallest absolute Gasteiger partial charge is 0.302 e. The first-order chi connectivity index (χ1) is 7.31. The van der Waals surface area contributed by atoms with Crippen LogP contribution in [0.4, 0.5) is 0 Å². The number of rotatable bonds is 6. The van der Waals surface area contributed by atoms with E-state index < -0.39 is 5.41 Å². The molecule has 0 aliphatic carbocycles. The van der Waals surface area contributed by atoms with E-state index in [-0.39, 0.29) is 24.6 Å². The van der Waals surface area contributed by atoms with Gasteiger partial charge in [0.15, 0.2) is 0 Å². The third kappa shape index (κ3) is 4.96. The zero-order valence-corrected chi connectivity index (χ0v) is 10.4. The second-order valence-electron chi connectivity index (χ2n) is 4.18. The van der Waals surface area contributed by atoms with E-state index in [1.807, 2.05) is 6.92 Å². The average molecular weight is 228 g/mol. The summed E-state index contributed by atoms with van der Waals surface area (Å²) in [4.78, 5) is 21.7. The van der Waals surface area contributed by atoms with Crippen molar-refractivity contribution in [2.45, 2.75) is 40.2 Å². The zero-order valence-electron chi connectivity index (χ0n) is 10.4. The third-order valence-corrected chi connectivity index (χ3v) is 2.54. The molecule has 0 bridgehead atoms. The van der Waals surface area contributed by atoms with Crippen molar-refractivity contribution in [2.75, 3.05) is 6.61 Å². The van der Waals surface area contributed by atoms with Crippen LogP contribution in [0.1, 0.15) is 34.1 Å². The summed E-state index contributed by atoms with van der Waals surface area (Å²) < 4.78 is 10.1. The van der Waals surface area contributed by atoms with Crippen LogP contribution in [0.3, 0.4) is 0 Å². The fourth-order valence-electron chi connectivity index (χ4n) is 1.33. The molecule has 4 heteroatoms. The molecule has 0 N–H and O–H groups in total. The molecule has 0 spiro atoms. The van der Waals surface area contributed by atoms with Crippen molar-refractivity contribution in [1.82, 2.24) is 0 Å². The lowest BCUT2D eigenvalue weighted by Crippen LogP contribution is -2.38. The molecule has 0 amide bonds. The van der Waals surface area contributed by atoms with E-state index in [2.05, 4.69) is 6.58 Å². The number of esters is 2. The molecule has 0 saturated heterocycles. The largest absolute Gasteiger partial charge is 0.465 e. The Morgan fingerprint density at radius 3 is 2.31 bits per heavy atom. The van der Waals surface area contributed by atoms with Crippen molar-refractivity contribution in [1.29, 1.82) is 0 Å². The van der Waals surface area contributed by atoms with Crippen LogP contribution in [-0.4, -0.2) is 24.6 Å². The Balaban J connectivity index is 4.57. The van der Waals surface area contributed by atoms with Crippen LogP contribution in [0.5, 0.6) is 0 Å². The van der Waals surface area contributed by atoms with Crippen LogP contribution in [0.15, 0.2) is 12.7 Å². The van der Waals surface area contributed by atoms with Gasteiger partial charge >= 0.3 is 11.9 Å². The molecule has 16 heavy (non-hydrogen) atoms. The van der Waals surface area contributed by atoms with Gasteiger partial charge in [0, 0.05) is 19.3 Å². The minimum atomic E-state index is -0.431. The highest BCUT2D eigenvalue weighted by atomic mass is 16.6. The number of carbonyl (C=O) groups excluding carboxylic acids is 2. The van der Waals surface area contributed by atoms with Gasteiger partial charge in [-0.2, -0.15) is 0 Å². The molecule has 0 heterocycles. The summed E-state index contributed by atoms with van der Waals surface area (Å²) in [6.07, 6.45) is 2.00. The highest BCUT2D eigenvalue weighted by Gasteiger charge is 2.33. The first-order valence-electron chi connectivity index (χ1n) is 5.23. The highest BCUT2D eigenvalue weighted by Crippen LogP contribution is 2.29. The van der Waals surface area contributed by atoms with Crippen molar-refractivity contribution in [3.63, 3.8) is 0 Å². The lowest BCUT2D eigenvalue weighted by Gasteiger charge is -2.33. The van der Waals surface area contributed by atoms with E-state index >= 15 is 0 Å². The Kier molecular flexibility index (Phi) is 5.78. The molecule has 4 nitrogen and oxygen atoms in total. The van der Waals surface area contributed by atoms with Crippen LogP contribution in [0, 0.1) is 5.41 Å². The van der Waals surface area contributed by atoms with Crippen molar-refractivity contribution in [3.8, 4) is 0 Å². The second kappa shape index (κ2) is 6.30. The molecule has 0 fully saturated rings. The lowest BCUT2D eigenvalue weighted by molar-refractivity contribution is -0.158. The van der Waals surface area contributed by atoms with Gasteiger partial charge in [-0.25, -0.2) is 0 Å². The number of hydrogen-bond acceptors (Lipinski definition) is 4. The first-order valence-corrected chi connectivity index (χ1v) is 5.23. The quantitative estimate of drug-likeness (QED) is 0.516. The summed E-state index contributed by atoms with van der Waals surface area (Å²) >= 11 is 0. The average Bonchev–Trinajstić information content (AvgIpc) is 2.14. The van der Waals surface area contributed by atoms with E-state index in [0.717, 1.165) is 0 Å². The maximum atomic E-state index is 10.9. The first kappa shape index (κ1) is 14.7. The van der Waals surface area contributed by atoms with E-state index in [1.165, 1.54) is 13.8 Å². The highest BCUT2D eigenvalue weighted by molar-refractivity contribution is 5.66. The second-order valence-corrected chi connectivity index (χ2v) is 4.18. The van der Waals surface area contributed by atoms with Crippen molar-refractivity contribution >= 4 is 11.9 Å². The molecule has 0 aliphatic heterocycles. The number of allylic oxidation sites excluding steroid dienone is 1. The van der Waals surface area contributed by atoms with Gasteiger partial charge in [0.2, 0.25) is 0 Å². The Labute approximate surface area is 96.6 Å². The number of ether oxygens (including phenoxy) is 2. The molecular weight excluding hydrogens is 208 g/mol. The van der Waals surface area contributed by atoms with Gasteiger partial charge in [0.05, 0.1) is 0 Å². The van der Waals surface area contributed by atoms with Gasteiger partial charge in [-0.1, -0.05) is 13.0 Å². The predicted molar refractivity (Wildman–Crippen MR) is 60.8 cm³/mol.